The minimum absolute atomic E-state index is 0.0189. The van der Waals surface area contributed by atoms with Gasteiger partial charge in [-0.05, 0) is 19.8 Å². The molecule has 0 bridgehead atoms. The molecule has 0 aromatic heterocycles. The smallest absolute Gasteiger partial charge is 0.308 e. The van der Waals surface area contributed by atoms with Crippen LogP contribution in [0.4, 0.5) is 0 Å². The first-order valence-corrected chi connectivity index (χ1v) is 6.91. The summed E-state index contributed by atoms with van der Waals surface area (Å²) in [6, 6.07) is 0. The van der Waals surface area contributed by atoms with Crippen molar-refractivity contribution in [1.29, 1.82) is 0 Å². The highest BCUT2D eigenvalue weighted by atomic mass is 16.5. The summed E-state index contributed by atoms with van der Waals surface area (Å²) in [7, 11) is 0. The fraction of sp³-hybridized carbons (Fsp3) is 0.571. The second-order valence-electron chi connectivity index (χ2n) is 5.27. The number of imide groups is 1. The number of rotatable bonds is 5. The predicted molar refractivity (Wildman–Crippen MR) is 71.4 cm³/mol. The van der Waals surface area contributed by atoms with Crippen LogP contribution in [0.15, 0.2) is 12.2 Å². The van der Waals surface area contributed by atoms with E-state index in [2.05, 4.69) is 0 Å². The number of esters is 1. The Balaban J connectivity index is 1.89. The molecule has 0 aromatic rings. The molecular formula is C14H18N2O5. The fourth-order valence-corrected chi connectivity index (χ4v) is 2.61. The molecule has 1 aliphatic heterocycles. The molecule has 2 aliphatic rings. The topological polar surface area (TPSA) is 107 Å². The van der Waals surface area contributed by atoms with Gasteiger partial charge in [-0.3, -0.25) is 24.1 Å². The molecule has 0 radical (unpaired) electrons. The van der Waals surface area contributed by atoms with Gasteiger partial charge >= 0.3 is 5.97 Å². The lowest BCUT2D eigenvalue weighted by atomic mass is 9.85. The first kappa shape index (κ1) is 15.2. The largest absolute Gasteiger partial charge is 0.453 e. The van der Waals surface area contributed by atoms with E-state index in [1.165, 1.54) is 6.92 Å². The molecule has 0 saturated carbocycles. The number of likely N-dealkylation sites (tertiary alicyclic amines) is 1. The Labute approximate surface area is 122 Å². The molecule has 2 N–H and O–H groups in total. The molecule has 0 spiro atoms. The van der Waals surface area contributed by atoms with Crippen LogP contribution in [0.5, 0.6) is 0 Å². The van der Waals surface area contributed by atoms with Gasteiger partial charge in [-0.25, -0.2) is 0 Å². The van der Waals surface area contributed by atoms with Crippen LogP contribution in [0, 0.1) is 11.8 Å². The van der Waals surface area contributed by atoms with Gasteiger partial charge in [0.2, 0.25) is 11.8 Å². The van der Waals surface area contributed by atoms with E-state index in [9.17, 15) is 19.2 Å². The number of nitrogens with two attached hydrogens (primary N) is 1. The maximum atomic E-state index is 12.1. The van der Waals surface area contributed by atoms with Gasteiger partial charge in [0.25, 0.3) is 5.91 Å². The van der Waals surface area contributed by atoms with E-state index in [-0.39, 0.29) is 36.6 Å². The number of carbonyl (C=O) groups is 4. The zero-order valence-electron chi connectivity index (χ0n) is 11.8. The summed E-state index contributed by atoms with van der Waals surface area (Å²) in [4.78, 5) is 47.7. The third-order valence-electron chi connectivity index (χ3n) is 3.85. The Hall–Kier alpha value is -2.18. The van der Waals surface area contributed by atoms with Gasteiger partial charge in [0.05, 0.1) is 18.3 Å². The quantitative estimate of drug-likeness (QED) is 0.427. The first-order chi connectivity index (χ1) is 9.91. The zero-order valence-corrected chi connectivity index (χ0v) is 11.8. The predicted octanol–water partition coefficient (Wildman–Crippen LogP) is -0.255. The van der Waals surface area contributed by atoms with E-state index in [0.717, 1.165) is 4.90 Å². The number of primary amides is 1. The van der Waals surface area contributed by atoms with Crippen LogP contribution < -0.4 is 5.73 Å². The van der Waals surface area contributed by atoms with Crippen molar-refractivity contribution in [2.75, 3.05) is 6.54 Å². The second kappa shape index (κ2) is 6.07. The van der Waals surface area contributed by atoms with E-state index in [0.29, 0.717) is 12.8 Å². The van der Waals surface area contributed by atoms with Gasteiger partial charge in [0.15, 0.2) is 6.10 Å². The Morgan fingerprint density at radius 3 is 2.29 bits per heavy atom. The third kappa shape index (κ3) is 3.12. The molecule has 21 heavy (non-hydrogen) atoms. The summed E-state index contributed by atoms with van der Waals surface area (Å²) >= 11 is 0. The van der Waals surface area contributed by atoms with Crippen molar-refractivity contribution in [3.63, 3.8) is 0 Å². The van der Waals surface area contributed by atoms with Crippen LogP contribution in [-0.4, -0.2) is 41.2 Å². The number of ether oxygens (including phenoxy) is 1. The summed E-state index contributed by atoms with van der Waals surface area (Å²) < 4.78 is 4.79. The molecule has 114 valence electrons. The van der Waals surface area contributed by atoms with E-state index >= 15 is 0 Å². The van der Waals surface area contributed by atoms with Gasteiger partial charge in [-0.2, -0.15) is 0 Å². The average Bonchev–Trinajstić information content (AvgIpc) is 2.69. The lowest BCUT2D eigenvalue weighted by Crippen LogP contribution is -2.35. The lowest BCUT2D eigenvalue weighted by Gasteiger charge is -2.15. The van der Waals surface area contributed by atoms with Crippen molar-refractivity contribution in [1.82, 2.24) is 4.90 Å². The molecule has 3 amide bonds. The molecule has 1 heterocycles. The summed E-state index contributed by atoms with van der Waals surface area (Å²) in [6.45, 7) is 1.35. The number of carbonyl (C=O) groups excluding carboxylic acids is 4. The summed E-state index contributed by atoms with van der Waals surface area (Å²) in [5.41, 5.74) is 4.98. The van der Waals surface area contributed by atoms with Gasteiger partial charge in [0, 0.05) is 6.54 Å². The monoisotopic (exact) mass is 294 g/mol. The van der Waals surface area contributed by atoms with Crippen LogP contribution in [-0.2, 0) is 23.9 Å². The zero-order chi connectivity index (χ0) is 15.6. The minimum Gasteiger partial charge on any atom is -0.453 e. The Morgan fingerprint density at radius 2 is 1.81 bits per heavy atom. The average molecular weight is 294 g/mol. The molecule has 0 aromatic carbocycles. The van der Waals surface area contributed by atoms with Crippen molar-refractivity contribution in [3.05, 3.63) is 12.2 Å². The second-order valence-corrected chi connectivity index (χ2v) is 5.27. The highest BCUT2D eigenvalue weighted by Crippen LogP contribution is 2.34. The van der Waals surface area contributed by atoms with E-state index < -0.39 is 18.0 Å². The minimum atomic E-state index is -1.02. The number of amides is 3. The van der Waals surface area contributed by atoms with Gasteiger partial charge in [0.1, 0.15) is 0 Å². The molecular weight excluding hydrogens is 276 g/mol. The van der Waals surface area contributed by atoms with E-state index in [4.69, 9.17) is 10.5 Å². The number of fused-ring (bicyclic) bond motifs is 1. The van der Waals surface area contributed by atoms with Crippen molar-refractivity contribution in [3.8, 4) is 0 Å². The molecule has 1 saturated heterocycles. The third-order valence-corrected chi connectivity index (χ3v) is 3.85. The van der Waals surface area contributed by atoms with Crippen LogP contribution in [0.25, 0.3) is 0 Å². The number of allylic oxidation sites excluding steroid dienone is 2. The standard InChI is InChI=1S/C14H18N2O5/c1-8(12(15)18)21-11(17)6-7-16-13(19)9-4-2-3-5-10(9)14(16)20/h2-3,8-10H,4-7H2,1H3,(H2,15,18)/t8-,9-,10+/m0/s1. The lowest BCUT2D eigenvalue weighted by molar-refractivity contribution is -0.154. The van der Waals surface area contributed by atoms with E-state index in [1.807, 2.05) is 12.2 Å². The van der Waals surface area contributed by atoms with E-state index in [1.54, 1.807) is 0 Å². The summed E-state index contributed by atoms with van der Waals surface area (Å²) in [5.74, 6) is -2.47. The Bertz CT molecular complexity index is 487. The molecule has 1 aliphatic carbocycles. The highest BCUT2D eigenvalue weighted by Gasteiger charge is 2.46. The molecule has 3 atom stereocenters. The van der Waals surface area contributed by atoms with Crippen molar-refractivity contribution in [2.24, 2.45) is 17.6 Å². The first-order valence-electron chi connectivity index (χ1n) is 6.91. The highest BCUT2D eigenvalue weighted by molar-refractivity contribution is 6.05. The molecule has 7 heteroatoms. The summed E-state index contributed by atoms with van der Waals surface area (Å²) in [5, 5.41) is 0. The number of hydrogen-bond donors (Lipinski definition) is 1. The fourth-order valence-electron chi connectivity index (χ4n) is 2.61. The maximum absolute atomic E-state index is 12.1. The number of hydrogen-bond acceptors (Lipinski definition) is 5. The molecule has 2 rings (SSSR count). The Kier molecular flexibility index (Phi) is 4.40. The van der Waals surface area contributed by atoms with Crippen LogP contribution in [0.1, 0.15) is 26.2 Å². The Morgan fingerprint density at radius 1 is 1.29 bits per heavy atom. The maximum Gasteiger partial charge on any atom is 0.308 e. The van der Waals surface area contributed by atoms with Crippen molar-refractivity contribution >= 4 is 23.7 Å². The summed E-state index contributed by atoms with van der Waals surface area (Å²) in [6.07, 6.45) is 3.78. The molecule has 7 nitrogen and oxygen atoms in total. The van der Waals surface area contributed by atoms with Crippen LogP contribution in [0.3, 0.4) is 0 Å². The molecule has 0 unspecified atom stereocenters. The molecule has 1 fully saturated rings. The van der Waals surface area contributed by atoms with Crippen molar-refractivity contribution in [2.45, 2.75) is 32.3 Å². The normalized spacial score (nSPS) is 25.7. The van der Waals surface area contributed by atoms with Gasteiger partial charge in [-0.1, -0.05) is 12.2 Å². The number of nitrogens with zero attached hydrogens (tertiary/aromatic N) is 1. The van der Waals surface area contributed by atoms with Gasteiger partial charge in [-0.15, -0.1) is 0 Å². The van der Waals surface area contributed by atoms with Crippen LogP contribution in [0.2, 0.25) is 0 Å². The SMILES string of the molecule is C[C@H](OC(=O)CCN1C(=O)[C@H]2CC=CC[C@H]2C1=O)C(N)=O. The van der Waals surface area contributed by atoms with Crippen molar-refractivity contribution < 1.29 is 23.9 Å². The van der Waals surface area contributed by atoms with Crippen LogP contribution >= 0.6 is 0 Å². The van der Waals surface area contributed by atoms with Gasteiger partial charge < -0.3 is 10.5 Å².